The minimum atomic E-state index is -0.551. The van der Waals surface area contributed by atoms with Crippen LogP contribution in [-0.4, -0.2) is 31.0 Å². The van der Waals surface area contributed by atoms with Crippen molar-refractivity contribution in [2.45, 2.75) is 32.5 Å². The SMILES string of the molecule is COc1ccc(Cl)cc1CC(O)COC(C)C. The first-order valence-electron chi connectivity index (χ1n) is 5.65. The molecule has 0 aliphatic rings. The van der Waals surface area contributed by atoms with E-state index in [9.17, 15) is 5.11 Å². The van der Waals surface area contributed by atoms with Gasteiger partial charge in [-0.15, -0.1) is 0 Å². The topological polar surface area (TPSA) is 38.7 Å². The van der Waals surface area contributed by atoms with Crippen LogP contribution < -0.4 is 4.74 Å². The molecule has 96 valence electrons. The van der Waals surface area contributed by atoms with Crippen LogP contribution in [0.3, 0.4) is 0 Å². The summed E-state index contributed by atoms with van der Waals surface area (Å²) in [6, 6.07) is 5.37. The molecule has 0 radical (unpaired) electrons. The van der Waals surface area contributed by atoms with E-state index in [0.29, 0.717) is 18.1 Å². The maximum atomic E-state index is 9.84. The fraction of sp³-hybridized carbons (Fsp3) is 0.538. The average Bonchev–Trinajstić information content (AvgIpc) is 2.27. The molecule has 0 saturated carbocycles. The zero-order valence-electron chi connectivity index (χ0n) is 10.4. The van der Waals surface area contributed by atoms with Gasteiger partial charge in [0, 0.05) is 11.4 Å². The Morgan fingerprint density at radius 3 is 2.65 bits per heavy atom. The highest BCUT2D eigenvalue weighted by atomic mass is 35.5. The molecule has 17 heavy (non-hydrogen) atoms. The Morgan fingerprint density at radius 2 is 2.06 bits per heavy atom. The van der Waals surface area contributed by atoms with Crippen LogP contribution in [-0.2, 0) is 11.2 Å². The smallest absolute Gasteiger partial charge is 0.122 e. The molecular weight excluding hydrogens is 240 g/mol. The van der Waals surface area contributed by atoms with Crippen molar-refractivity contribution >= 4 is 11.6 Å². The first-order chi connectivity index (χ1) is 8.02. The normalized spacial score (nSPS) is 12.8. The Labute approximate surface area is 107 Å². The third-order valence-corrected chi connectivity index (χ3v) is 2.56. The quantitative estimate of drug-likeness (QED) is 0.853. The molecule has 1 aromatic rings. The number of halogens is 1. The predicted octanol–water partition coefficient (Wildman–Crippen LogP) is 2.68. The van der Waals surface area contributed by atoms with Crippen molar-refractivity contribution in [1.82, 2.24) is 0 Å². The summed E-state index contributed by atoms with van der Waals surface area (Å²) >= 11 is 5.92. The third kappa shape index (κ3) is 4.94. The highest BCUT2D eigenvalue weighted by molar-refractivity contribution is 6.30. The number of methoxy groups -OCH3 is 1. The summed E-state index contributed by atoms with van der Waals surface area (Å²) in [4.78, 5) is 0. The van der Waals surface area contributed by atoms with Crippen LogP contribution >= 0.6 is 11.6 Å². The Kier molecular flexibility index (Phi) is 5.75. The number of hydrogen-bond acceptors (Lipinski definition) is 3. The lowest BCUT2D eigenvalue weighted by molar-refractivity contribution is 0.00604. The van der Waals surface area contributed by atoms with E-state index in [0.717, 1.165) is 11.3 Å². The summed E-state index contributed by atoms with van der Waals surface area (Å²) in [5.41, 5.74) is 0.889. The van der Waals surface area contributed by atoms with Gasteiger partial charge in [0.2, 0.25) is 0 Å². The van der Waals surface area contributed by atoms with Crippen molar-refractivity contribution in [2.75, 3.05) is 13.7 Å². The van der Waals surface area contributed by atoms with Gasteiger partial charge >= 0.3 is 0 Å². The molecule has 1 aromatic carbocycles. The number of hydrogen-bond donors (Lipinski definition) is 1. The molecule has 1 N–H and O–H groups in total. The monoisotopic (exact) mass is 258 g/mol. The number of aliphatic hydroxyl groups is 1. The molecule has 0 fully saturated rings. The Morgan fingerprint density at radius 1 is 1.35 bits per heavy atom. The molecule has 0 amide bonds. The molecule has 4 heteroatoms. The first kappa shape index (κ1) is 14.3. The summed E-state index contributed by atoms with van der Waals surface area (Å²) in [6.07, 6.45) is 0.0341. The molecule has 0 heterocycles. The lowest BCUT2D eigenvalue weighted by Crippen LogP contribution is -2.21. The summed E-state index contributed by atoms with van der Waals surface area (Å²) in [5, 5.41) is 10.5. The zero-order valence-corrected chi connectivity index (χ0v) is 11.2. The van der Waals surface area contributed by atoms with E-state index in [-0.39, 0.29) is 6.10 Å². The van der Waals surface area contributed by atoms with Crippen LogP contribution in [0.2, 0.25) is 5.02 Å². The van der Waals surface area contributed by atoms with E-state index in [4.69, 9.17) is 21.1 Å². The average molecular weight is 259 g/mol. The van der Waals surface area contributed by atoms with Gasteiger partial charge in [-0.2, -0.15) is 0 Å². The molecule has 3 nitrogen and oxygen atoms in total. The molecule has 1 atom stereocenters. The molecule has 1 rings (SSSR count). The Bertz CT molecular complexity index is 353. The lowest BCUT2D eigenvalue weighted by atomic mass is 10.1. The van der Waals surface area contributed by atoms with E-state index in [2.05, 4.69) is 0 Å². The van der Waals surface area contributed by atoms with Gasteiger partial charge in [0.1, 0.15) is 5.75 Å². The van der Waals surface area contributed by atoms with Gasteiger partial charge in [-0.3, -0.25) is 0 Å². The third-order valence-electron chi connectivity index (χ3n) is 2.32. The van der Waals surface area contributed by atoms with Gasteiger partial charge < -0.3 is 14.6 Å². The largest absolute Gasteiger partial charge is 0.496 e. The fourth-order valence-electron chi connectivity index (χ4n) is 1.52. The molecule has 0 aliphatic carbocycles. The number of rotatable bonds is 6. The van der Waals surface area contributed by atoms with Crippen LogP contribution in [0.25, 0.3) is 0 Å². The second kappa shape index (κ2) is 6.84. The van der Waals surface area contributed by atoms with Crippen LogP contribution in [0.4, 0.5) is 0 Å². The lowest BCUT2D eigenvalue weighted by Gasteiger charge is -2.15. The van der Waals surface area contributed by atoms with E-state index in [1.807, 2.05) is 13.8 Å². The van der Waals surface area contributed by atoms with Gasteiger partial charge in [-0.1, -0.05) is 11.6 Å². The maximum absolute atomic E-state index is 9.84. The summed E-state index contributed by atoms with van der Waals surface area (Å²) in [6.45, 7) is 4.19. The summed E-state index contributed by atoms with van der Waals surface area (Å²) < 4.78 is 10.6. The van der Waals surface area contributed by atoms with Crippen LogP contribution in [0.1, 0.15) is 19.4 Å². The van der Waals surface area contributed by atoms with Crippen LogP contribution in [0, 0.1) is 0 Å². The van der Waals surface area contributed by atoms with Gasteiger partial charge in [0.05, 0.1) is 25.9 Å². The molecule has 1 unspecified atom stereocenters. The van der Waals surface area contributed by atoms with Crippen molar-refractivity contribution in [3.63, 3.8) is 0 Å². The number of benzene rings is 1. The van der Waals surface area contributed by atoms with Crippen LogP contribution in [0.5, 0.6) is 5.75 Å². The van der Waals surface area contributed by atoms with Crippen molar-refractivity contribution < 1.29 is 14.6 Å². The number of ether oxygens (including phenoxy) is 2. The summed E-state index contributed by atoms with van der Waals surface area (Å²) in [5.74, 6) is 0.734. The second-order valence-electron chi connectivity index (χ2n) is 4.20. The van der Waals surface area contributed by atoms with Gasteiger partial charge in [0.25, 0.3) is 0 Å². The Balaban J connectivity index is 2.63. The van der Waals surface area contributed by atoms with Gasteiger partial charge in [-0.25, -0.2) is 0 Å². The standard InChI is InChI=1S/C13H19ClO3/c1-9(2)17-8-12(15)7-10-6-11(14)4-5-13(10)16-3/h4-6,9,12,15H,7-8H2,1-3H3. The van der Waals surface area contributed by atoms with E-state index >= 15 is 0 Å². The molecule has 0 spiro atoms. The van der Waals surface area contributed by atoms with Crippen molar-refractivity contribution in [3.8, 4) is 5.75 Å². The van der Waals surface area contributed by atoms with Crippen molar-refractivity contribution in [2.24, 2.45) is 0 Å². The summed E-state index contributed by atoms with van der Waals surface area (Å²) in [7, 11) is 1.60. The molecule has 0 saturated heterocycles. The predicted molar refractivity (Wildman–Crippen MR) is 68.8 cm³/mol. The highest BCUT2D eigenvalue weighted by Gasteiger charge is 2.11. The minimum absolute atomic E-state index is 0.117. The van der Waals surface area contributed by atoms with E-state index < -0.39 is 6.10 Å². The van der Waals surface area contributed by atoms with E-state index in [1.165, 1.54) is 0 Å². The number of aliphatic hydroxyl groups excluding tert-OH is 1. The van der Waals surface area contributed by atoms with E-state index in [1.54, 1.807) is 25.3 Å². The fourth-order valence-corrected chi connectivity index (χ4v) is 1.72. The second-order valence-corrected chi connectivity index (χ2v) is 4.63. The zero-order chi connectivity index (χ0) is 12.8. The van der Waals surface area contributed by atoms with Crippen molar-refractivity contribution in [3.05, 3.63) is 28.8 Å². The minimum Gasteiger partial charge on any atom is -0.496 e. The van der Waals surface area contributed by atoms with Crippen molar-refractivity contribution in [1.29, 1.82) is 0 Å². The first-order valence-corrected chi connectivity index (χ1v) is 6.02. The van der Waals surface area contributed by atoms with Gasteiger partial charge in [0.15, 0.2) is 0 Å². The van der Waals surface area contributed by atoms with Crippen LogP contribution in [0.15, 0.2) is 18.2 Å². The maximum Gasteiger partial charge on any atom is 0.122 e. The molecular formula is C13H19ClO3. The molecule has 0 aromatic heterocycles. The Hall–Kier alpha value is -0.770. The molecule has 0 bridgehead atoms. The molecule has 0 aliphatic heterocycles. The highest BCUT2D eigenvalue weighted by Crippen LogP contribution is 2.23. The van der Waals surface area contributed by atoms with Gasteiger partial charge in [-0.05, 0) is 37.6 Å².